The Morgan fingerprint density at radius 3 is 2.43 bits per heavy atom. The van der Waals surface area contributed by atoms with E-state index in [1.807, 2.05) is 0 Å². The van der Waals surface area contributed by atoms with Gasteiger partial charge in [0.15, 0.2) is 0 Å². The van der Waals surface area contributed by atoms with Gasteiger partial charge in [0.2, 0.25) is 0 Å². The Balaban J connectivity index is 2.01. The predicted octanol–water partition coefficient (Wildman–Crippen LogP) is 0.165. The molecule has 0 saturated carbocycles. The Kier molecular flexibility index (Phi) is 6.10. The van der Waals surface area contributed by atoms with Gasteiger partial charge in [0.05, 0.1) is 13.2 Å². The second kappa shape index (κ2) is 7.17. The molecular formula is C10H23N3O. The van der Waals surface area contributed by atoms with Gasteiger partial charge < -0.3 is 9.64 Å². The molecule has 84 valence electrons. The van der Waals surface area contributed by atoms with Gasteiger partial charge in [-0.2, -0.15) is 0 Å². The summed E-state index contributed by atoms with van der Waals surface area (Å²) in [4.78, 5) is 2.42. The molecule has 0 aromatic carbocycles. The van der Waals surface area contributed by atoms with E-state index in [0.29, 0.717) is 0 Å². The molecule has 0 atom stereocenters. The second-order valence-corrected chi connectivity index (χ2v) is 3.53. The third-order valence-electron chi connectivity index (χ3n) is 2.67. The summed E-state index contributed by atoms with van der Waals surface area (Å²) in [7, 11) is 0. The smallest absolute Gasteiger partial charge is 0.0608 e. The summed E-state index contributed by atoms with van der Waals surface area (Å²) in [5.41, 5.74) is 3.43. The largest absolute Gasteiger partial charge is 0.379 e. The molecule has 4 heteroatoms. The Morgan fingerprint density at radius 1 is 1.21 bits per heavy atom. The van der Waals surface area contributed by atoms with Crippen molar-refractivity contribution < 1.29 is 4.74 Å². The highest BCUT2D eigenvalue weighted by Crippen LogP contribution is 1.92. The van der Waals surface area contributed by atoms with Crippen LogP contribution in [0.1, 0.15) is 13.8 Å². The van der Waals surface area contributed by atoms with Gasteiger partial charge in [0.1, 0.15) is 0 Å². The highest BCUT2D eigenvalue weighted by Gasteiger charge is 2.09. The van der Waals surface area contributed by atoms with Gasteiger partial charge in [-0.15, -0.1) is 0 Å². The molecule has 1 aliphatic rings. The molecule has 1 fully saturated rings. The molecule has 0 aromatic rings. The van der Waals surface area contributed by atoms with Gasteiger partial charge in [-0.3, -0.25) is 5.43 Å². The molecule has 0 spiro atoms. The van der Waals surface area contributed by atoms with Crippen molar-refractivity contribution in [2.75, 3.05) is 52.5 Å². The number of hydrogen-bond acceptors (Lipinski definition) is 4. The quantitative estimate of drug-likeness (QED) is 0.663. The zero-order valence-corrected chi connectivity index (χ0v) is 9.46. The van der Waals surface area contributed by atoms with Crippen molar-refractivity contribution >= 4 is 0 Å². The summed E-state index contributed by atoms with van der Waals surface area (Å²) in [6, 6.07) is 0. The highest BCUT2D eigenvalue weighted by atomic mass is 16.5. The lowest BCUT2D eigenvalue weighted by molar-refractivity contribution is 0.0107. The van der Waals surface area contributed by atoms with E-state index < -0.39 is 0 Å². The van der Waals surface area contributed by atoms with E-state index >= 15 is 0 Å². The van der Waals surface area contributed by atoms with Crippen LogP contribution in [-0.4, -0.2) is 62.4 Å². The summed E-state index contributed by atoms with van der Waals surface area (Å²) in [6.07, 6.45) is 0. The van der Waals surface area contributed by atoms with Crippen LogP contribution in [0.15, 0.2) is 0 Å². The maximum atomic E-state index is 5.28. The predicted molar refractivity (Wildman–Crippen MR) is 58.2 cm³/mol. The number of rotatable bonds is 6. The summed E-state index contributed by atoms with van der Waals surface area (Å²) in [5.74, 6) is 0. The number of nitrogens with one attached hydrogen (secondary N) is 1. The fourth-order valence-corrected chi connectivity index (χ4v) is 1.63. The molecule has 1 N–H and O–H groups in total. The fraction of sp³-hybridized carbons (Fsp3) is 1.00. The van der Waals surface area contributed by atoms with E-state index in [-0.39, 0.29) is 0 Å². The van der Waals surface area contributed by atoms with Crippen LogP contribution >= 0.6 is 0 Å². The lowest BCUT2D eigenvalue weighted by atomic mass is 10.4. The van der Waals surface area contributed by atoms with Crippen molar-refractivity contribution in [2.45, 2.75) is 13.8 Å². The molecule has 0 radical (unpaired) electrons. The Morgan fingerprint density at radius 2 is 1.86 bits per heavy atom. The first kappa shape index (κ1) is 11.9. The number of likely N-dealkylation sites (N-methyl/N-ethyl adjacent to an activating group) is 1. The van der Waals surface area contributed by atoms with Gasteiger partial charge in [-0.25, -0.2) is 5.01 Å². The highest BCUT2D eigenvalue weighted by molar-refractivity contribution is 4.59. The first-order valence-corrected chi connectivity index (χ1v) is 5.65. The van der Waals surface area contributed by atoms with Gasteiger partial charge in [0.25, 0.3) is 0 Å². The number of hydrogen-bond donors (Lipinski definition) is 1. The first-order chi connectivity index (χ1) is 6.86. The normalized spacial score (nSPS) is 19.1. The van der Waals surface area contributed by atoms with Gasteiger partial charge >= 0.3 is 0 Å². The summed E-state index contributed by atoms with van der Waals surface area (Å²) < 4.78 is 5.28. The molecule has 0 amide bonds. The van der Waals surface area contributed by atoms with Crippen LogP contribution in [0, 0.1) is 0 Å². The molecule has 0 aliphatic carbocycles. The van der Waals surface area contributed by atoms with Gasteiger partial charge in [-0.1, -0.05) is 13.8 Å². The number of ether oxygens (including phenoxy) is 1. The molecule has 0 bridgehead atoms. The maximum absolute atomic E-state index is 5.28. The standard InChI is InChI=1S/C10H23N3O/c1-3-12(4-2)6-5-11-13-7-9-14-10-8-13/h11H,3-10H2,1-2H3. The minimum atomic E-state index is 0.859. The molecule has 0 unspecified atom stereocenters. The van der Waals surface area contributed by atoms with Crippen LogP contribution < -0.4 is 5.43 Å². The van der Waals surface area contributed by atoms with E-state index in [2.05, 4.69) is 29.2 Å². The monoisotopic (exact) mass is 201 g/mol. The Labute approximate surface area is 87.2 Å². The summed E-state index contributed by atoms with van der Waals surface area (Å²) in [5, 5.41) is 2.26. The van der Waals surface area contributed by atoms with Crippen LogP contribution in [0.3, 0.4) is 0 Å². The van der Waals surface area contributed by atoms with Crippen molar-refractivity contribution in [1.82, 2.24) is 15.3 Å². The number of hydrazine groups is 1. The van der Waals surface area contributed by atoms with Crippen LogP contribution in [0.4, 0.5) is 0 Å². The summed E-state index contributed by atoms with van der Waals surface area (Å²) in [6.45, 7) is 12.6. The maximum Gasteiger partial charge on any atom is 0.0608 e. The zero-order valence-electron chi connectivity index (χ0n) is 9.46. The van der Waals surface area contributed by atoms with Crippen LogP contribution in [0.2, 0.25) is 0 Å². The van der Waals surface area contributed by atoms with E-state index in [4.69, 9.17) is 4.74 Å². The minimum absolute atomic E-state index is 0.859. The topological polar surface area (TPSA) is 27.7 Å². The fourth-order valence-electron chi connectivity index (χ4n) is 1.63. The van der Waals surface area contributed by atoms with E-state index in [1.54, 1.807) is 0 Å². The van der Waals surface area contributed by atoms with Crippen molar-refractivity contribution in [3.8, 4) is 0 Å². The molecule has 14 heavy (non-hydrogen) atoms. The lowest BCUT2D eigenvalue weighted by Crippen LogP contribution is -2.48. The molecule has 1 aliphatic heterocycles. The van der Waals surface area contributed by atoms with E-state index in [1.165, 1.54) is 0 Å². The molecule has 1 rings (SSSR count). The van der Waals surface area contributed by atoms with Crippen molar-refractivity contribution in [2.24, 2.45) is 0 Å². The van der Waals surface area contributed by atoms with Crippen LogP contribution in [0.25, 0.3) is 0 Å². The Hall–Kier alpha value is -0.160. The SMILES string of the molecule is CCN(CC)CCNN1CCOCC1. The third kappa shape index (κ3) is 4.37. The third-order valence-corrected chi connectivity index (χ3v) is 2.67. The van der Waals surface area contributed by atoms with Crippen LogP contribution in [0.5, 0.6) is 0 Å². The number of nitrogens with zero attached hydrogens (tertiary/aromatic N) is 2. The average molecular weight is 201 g/mol. The van der Waals surface area contributed by atoms with Crippen molar-refractivity contribution in [3.63, 3.8) is 0 Å². The zero-order chi connectivity index (χ0) is 10.2. The first-order valence-electron chi connectivity index (χ1n) is 5.65. The molecule has 0 aromatic heterocycles. The Bertz CT molecular complexity index is 133. The van der Waals surface area contributed by atoms with Crippen molar-refractivity contribution in [1.29, 1.82) is 0 Å². The van der Waals surface area contributed by atoms with E-state index in [9.17, 15) is 0 Å². The van der Waals surface area contributed by atoms with E-state index in [0.717, 1.165) is 52.5 Å². The van der Waals surface area contributed by atoms with Crippen LogP contribution in [-0.2, 0) is 4.74 Å². The second-order valence-electron chi connectivity index (χ2n) is 3.53. The number of morpholine rings is 1. The molecule has 1 heterocycles. The lowest BCUT2D eigenvalue weighted by Gasteiger charge is -2.28. The molecule has 4 nitrogen and oxygen atoms in total. The summed E-state index contributed by atoms with van der Waals surface area (Å²) >= 11 is 0. The van der Waals surface area contributed by atoms with Gasteiger partial charge in [0, 0.05) is 26.2 Å². The average Bonchev–Trinajstić information content (AvgIpc) is 2.26. The minimum Gasteiger partial charge on any atom is -0.379 e. The molecule has 1 saturated heterocycles. The molecular weight excluding hydrogens is 178 g/mol. The van der Waals surface area contributed by atoms with Crippen molar-refractivity contribution in [3.05, 3.63) is 0 Å². The van der Waals surface area contributed by atoms with Gasteiger partial charge in [-0.05, 0) is 13.1 Å².